The molecule has 0 aliphatic carbocycles. The second-order valence-electron chi connectivity index (χ2n) is 7.98. The van der Waals surface area contributed by atoms with Crippen LogP contribution in [0.5, 0.6) is 17.2 Å². The summed E-state index contributed by atoms with van der Waals surface area (Å²) in [6.45, 7) is 4.02. The number of piperidine rings is 1. The van der Waals surface area contributed by atoms with Crippen LogP contribution in [0.4, 0.5) is 5.69 Å². The summed E-state index contributed by atoms with van der Waals surface area (Å²) in [5, 5.41) is 3.10. The SMILES string of the molecule is CC[C@H](C)NC(=O)[C@@H]1CCC(=O)N(c2ccc(OC)cc2)[C@@H]1c1ccc(OC)c(OC)c1. The molecule has 1 aliphatic rings. The van der Waals surface area contributed by atoms with Gasteiger partial charge in [-0.25, -0.2) is 0 Å². The lowest BCUT2D eigenvalue weighted by molar-refractivity contribution is -0.129. The smallest absolute Gasteiger partial charge is 0.227 e. The summed E-state index contributed by atoms with van der Waals surface area (Å²) in [6, 6.07) is 12.5. The van der Waals surface area contributed by atoms with E-state index in [0.29, 0.717) is 30.1 Å². The van der Waals surface area contributed by atoms with Gasteiger partial charge in [0.15, 0.2) is 11.5 Å². The molecule has 1 N–H and O–H groups in total. The Morgan fingerprint density at radius 1 is 1.06 bits per heavy atom. The summed E-state index contributed by atoms with van der Waals surface area (Å²) < 4.78 is 16.1. The van der Waals surface area contributed by atoms with Crippen molar-refractivity contribution < 1.29 is 23.8 Å². The molecule has 3 rings (SSSR count). The van der Waals surface area contributed by atoms with Gasteiger partial charge in [0.2, 0.25) is 11.8 Å². The Morgan fingerprint density at radius 3 is 2.34 bits per heavy atom. The molecule has 7 heteroatoms. The maximum atomic E-state index is 13.3. The third-order valence-electron chi connectivity index (χ3n) is 6.03. The fraction of sp³-hybridized carbons (Fsp3) is 0.440. The quantitative estimate of drug-likeness (QED) is 0.668. The highest BCUT2D eigenvalue weighted by atomic mass is 16.5. The van der Waals surface area contributed by atoms with Crippen LogP contribution in [0.1, 0.15) is 44.7 Å². The molecule has 32 heavy (non-hydrogen) atoms. The summed E-state index contributed by atoms with van der Waals surface area (Å²) in [6.07, 6.45) is 1.61. The molecule has 0 aromatic heterocycles. The Kier molecular flexibility index (Phi) is 7.62. The maximum Gasteiger partial charge on any atom is 0.227 e. The van der Waals surface area contributed by atoms with Crippen molar-refractivity contribution in [3.8, 4) is 17.2 Å². The molecule has 7 nitrogen and oxygen atoms in total. The maximum absolute atomic E-state index is 13.3. The first-order valence-electron chi connectivity index (χ1n) is 10.9. The van der Waals surface area contributed by atoms with E-state index in [1.165, 1.54) is 0 Å². The first-order chi connectivity index (χ1) is 15.4. The van der Waals surface area contributed by atoms with Gasteiger partial charge in [0, 0.05) is 18.2 Å². The van der Waals surface area contributed by atoms with Gasteiger partial charge in [-0.15, -0.1) is 0 Å². The lowest BCUT2D eigenvalue weighted by Gasteiger charge is -2.41. The molecule has 3 atom stereocenters. The number of carbonyl (C=O) groups excluding carboxylic acids is 2. The summed E-state index contributed by atoms with van der Waals surface area (Å²) in [5.41, 5.74) is 1.53. The molecule has 1 heterocycles. The van der Waals surface area contributed by atoms with Crippen LogP contribution >= 0.6 is 0 Å². The average molecular weight is 441 g/mol. The van der Waals surface area contributed by atoms with E-state index < -0.39 is 12.0 Å². The normalized spacial score (nSPS) is 19.3. The Morgan fingerprint density at radius 2 is 1.75 bits per heavy atom. The lowest BCUT2D eigenvalue weighted by Crippen LogP contribution is -2.49. The van der Waals surface area contributed by atoms with Crippen molar-refractivity contribution in [2.45, 2.75) is 45.2 Å². The van der Waals surface area contributed by atoms with Crippen LogP contribution in [-0.4, -0.2) is 39.2 Å². The standard InChI is InChI=1S/C25H32N2O5/c1-6-16(2)26-25(29)20-12-14-23(28)27(18-8-10-19(30-3)11-9-18)24(20)17-7-13-21(31-4)22(15-17)32-5/h7-11,13,15-16,20,24H,6,12,14H2,1-5H3,(H,26,29)/t16-,20+,24+/m0/s1. The minimum absolute atomic E-state index is 0.0254. The fourth-order valence-corrected chi connectivity index (χ4v) is 4.08. The molecule has 1 fully saturated rings. The van der Waals surface area contributed by atoms with Crippen LogP contribution in [0, 0.1) is 5.92 Å². The van der Waals surface area contributed by atoms with Gasteiger partial charge in [-0.1, -0.05) is 13.0 Å². The minimum Gasteiger partial charge on any atom is -0.497 e. The van der Waals surface area contributed by atoms with Crippen LogP contribution < -0.4 is 24.4 Å². The van der Waals surface area contributed by atoms with Gasteiger partial charge in [0.05, 0.1) is 33.3 Å². The van der Waals surface area contributed by atoms with Gasteiger partial charge in [0.1, 0.15) is 5.75 Å². The second-order valence-corrected chi connectivity index (χ2v) is 7.98. The van der Waals surface area contributed by atoms with Crippen LogP contribution in [0.2, 0.25) is 0 Å². The van der Waals surface area contributed by atoms with Gasteiger partial charge in [-0.2, -0.15) is 0 Å². The highest BCUT2D eigenvalue weighted by Crippen LogP contribution is 2.42. The molecule has 0 radical (unpaired) electrons. The molecule has 172 valence electrons. The Labute approximate surface area is 189 Å². The number of benzene rings is 2. The van der Waals surface area contributed by atoms with E-state index >= 15 is 0 Å². The van der Waals surface area contributed by atoms with E-state index in [0.717, 1.165) is 17.7 Å². The van der Waals surface area contributed by atoms with Crippen molar-refractivity contribution in [2.75, 3.05) is 26.2 Å². The summed E-state index contributed by atoms with van der Waals surface area (Å²) in [4.78, 5) is 28.2. The van der Waals surface area contributed by atoms with Crippen molar-refractivity contribution in [2.24, 2.45) is 5.92 Å². The third-order valence-corrected chi connectivity index (χ3v) is 6.03. The Balaban J connectivity index is 2.09. The molecular weight excluding hydrogens is 408 g/mol. The third kappa shape index (κ3) is 4.82. The zero-order chi connectivity index (χ0) is 23.3. The molecule has 0 spiro atoms. The zero-order valence-corrected chi connectivity index (χ0v) is 19.4. The van der Waals surface area contributed by atoms with Crippen LogP contribution in [0.3, 0.4) is 0 Å². The number of hydrogen-bond acceptors (Lipinski definition) is 5. The molecule has 2 amide bonds. The number of carbonyl (C=O) groups is 2. The molecule has 0 bridgehead atoms. The number of anilines is 1. The van der Waals surface area contributed by atoms with E-state index in [4.69, 9.17) is 14.2 Å². The summed E-state index contributed by atoms with van der Waals surface area (Å²) in [5.74, 6) is 1.37. The van der Waals surface area contributed by atoms with E-state index in [-0.39, 0.29) is 17.9 Å². The number of ether oxygens (including phenoxy) is 3. The second kappa shape index (κ2) is 10.4. The molecule has 1 aliphatic heterocycles. The van der Waals surface area contributed by atoms with E-state index in [9.17, 15) is 9.59 Å². The topological polar surface area (TPSA) is 77.1 Å². The van der Waals surface area contributed by atoms with Gasteiger partial charge < -0.3 is 24.4 Å². The Hall–Kier alpha value is -3.22. The van der Waals surface area contributed by atoms with Crippen molar-refractivity contribution in [1.29, 1.82) is 0 Å². The largest absolute Gasteiger partial charge is 0.497 e. The number of nitrogens with zero attached hydrogens (tertiary/aromatic N) is 1. The van der Waals surface area contributed by atoms with Crippen molar-refractivity contribution in [3.05, 3.63) is 48.0 Å². The van der Waals surface area contributed by atoms with Gasteiger partial charge in [-0.3, -0.25) is 9.59 Å². The number of rotatable bonds is 8. The minimum atomic E-state index is -0.478. The number of nitrogens with one attached hydrogen (secondary N) is 1. The molecule has 0 unspecified atom stereocenters. The van der Waals surface area contributed by atoms with E-state index in [1.54, 1.807) is 26.2 Å². The lowest BCUT2D eigenvalue weighted by atomic mass is 9.82. The number of hydrogen-bond donors (Lipinski definition) is 1. The van der Waals surface area contributed by atoms with Crippen molar-refractivity contribution in [1.82, 2.24) is 5.32 Å². The predicted octanol–water partition coefficient (Wildman–Crippen LogP) is 4.11. The summed E-state index contributed by atoms with van der Waals surface area (Å²) >= 11 is 0. The fourth-order valence-electron chi connectivity index (χ4n) is 4.08. The highest BCUT2D eigenvalue weighted by Gasteiger charge is 2.42. The van der Waals surface area contributed by atoms with E-state index in [2.05, 4.69) is 5.32 Å². The number of amides is 2. The van der Waals surface area contributed by atoms with Gasteiger partial charge >= 0.3 is 0 Å². The Bertz CT molecular complexity index is 944. The van der Waals surface area contributed by atoms with E-state index in [1.807, 2.05) is 56.3 Å². The monoisotopic (exact) mass is 440 g/mol. The van der Waals surface area contributed by atoms with Gasteiger partial charge in [-0.05, 0) is 61.7 Å². The number of methoxy groups -OCH3 is 3. The average Bonchev–Trinajstić information content (AvgIpc) is 2.83. The zero-order valence-electron chi connectivity index (χ0n) is 19.4. The van der Waals surface area contributed by atoms with Crippen molar-refractivity contribution in [3.63, 3.8) is 0 Å². The highest BCUT2D eigenvalue weighted by molar-refractivity contribution is 5.97. The molecular formula is C25H32N2O5. The predicted molar refractivity (Wildman–Crippen MR) is 123 cm³/mol. The van der Waals surface area contributed by atoms with Crippen LogP contribution in [-0.2, 0) is 9.59 Å². The summed E-state index contributed by atoms with van der Waals surface area (Å²) in [7, 11) is 4.75. The van der Waals surface area contributed by atoms with Crippen LogP contribution in [0.15, 0.2) is 42.5 Å². The van der Waals surface area contributed by atoms with Crippen LogP contribution in [0.25, 0.3) is 0 Å². The molecule has 2 aromatic rings. The first kappa shape index (κ1) is 23.4. The van der Waals surface area contributed by atoms with Gasteiger partial charge in [0.25, 0.3) is 0 Å². The molecule has 1 saturated heterocycles. The molecule has 0 saturated carbocycles. The molecule has 2 aromatic carbocycles. The first-order valence-corrected chi connectivity index (χ1v) is 10.9. The van der Waals surface area contributed by atoms with Crippen molar-refractivity contribution >= 4 is 17.5 Å².